The highest BCUT2D eigenvalue weighted by atomic mass is 35.5. The molecule has 2 rings (SSSR count). The van der Waals surface area contributed by atoms with Gasteiger partial charge < -0.3 is 9.64 Å². The number of nitrogens with zero attached hydrogens (tertiary/aromatic N) is 4. The molecule has 9 nitrogen and oxygen atoms in total. The van der Waals surface area contributed by atoms with Gasteiger partial charge >= 0.3 is 10.9 Å². The minimum Gasteiger partial charge on any atom is -0.472 e. The van der Waals surface area contributed by atoms with Crippen LogP contribution in [-0.4, -0.2) is 32.4 Å². The van der Waals surface area contributed by atoms with Gasteiger partial charge in [-0.1, -0.05) is 24.6 Å². The van der Waals surface area contributed by atoms with Crippen molar-refractivity contribution in [2.24, 2.45) is 0 Å². The van der Waals surface area contributed by atoms with Crippen molar-refractivity contribution in [2.75, 3.05) is 6.61 Å². The number of hydrogen-bond donors (Lipinski definition) is 0. The zero-order valence-corrected chi connectivity index (χ0v) is 14.6. The van der Waals surface area contributed by atoms with E-state index < -0.39 is 20.7 Å². The Hall–Kier alpha value is -2.39. The largest absolute Gasteiger partial charge is 0.472 e. The molecule has 0 unspecified atom stereocenters. The summed E-state index contributed by atoms with van der Waals surface area (Å²) >= 11 is 11.2. The molecule has 134 valence electrons. The fourth-order valence-electron chi connectivity index (χ4n) is 2.33. The summed E-state index contributed by atoms with van der Waals surface area (Å²) in [5.74, 6) is -0.0631. The number of pyridine rings is 1. The second-order valence-corrected chi connectivity index (χ2v) is 5.94. The van der Waals surface area contributed by atoms with Gasteiger partial charge in [0.25, 0.3) is 5.88 Å². The Labute approximate surface area is 152 Å². The molecule has 1 aliphatic rings. The number of nitro groups is 2. The van der Waals surface area contributed by atoms with Crippen LogP contribution in [0, 0.1) is 20.2 Å². The highest BCUT2D eigenvalue weighted by Crippen LogP contribution is 2.29. The van der Waals surface area contributed by atoms with Crippen molar-refractivity contribution in [3.8, 4) is 0 Å². The Bertz CT molecular complexity index is 735. The molecular formula is C14H14Cl2N4O5. The quantitative estimate of drug-likeness (QED) is 0.318. The lowest BCUT2D eigenvalue weighted by molar-refractivity contribution is -0.430. The average Bonchev–Trinajstić information content (AvgIpc) is 2.96. The highest BCUT2D eigenvalue weighted by molar-refractivity contribution is 6.29. The molecule has 0 aliphatic carbocycles. The predicted molar refractivity (Wildman–Crippen MR) is 89.8 cm³/mol. The summed E-state index contributed by atoms with van der Waals surface area (Å²) in [6.45, 7) is 2.42. The number of rotatable bonds is 6. The third-order valence-corrected chi connectivity index (χ3v) is 4.04. The lowest BCUT2D eigenvalue weighted by Gasteiger charge is -2.23. The van der Waals surface area contributed by atoms with E-state index in [0.29, 0.717) is 17.6 Å². The summed E-state index contributed by atoms with van der Waals surface area (Å²) in [5.41, 5.74) is 0.192. The van der Waals surface area contributed by atoms with Gasteiger partial charge in [-0.25, -0.2) is 4.98 Å². The maximum atomic E-state index is 11.4. The van der Waals surface area contributed by atoms with Crippen molar-refractivity contribution in [3.05, 3.63) is 72.1 Å². The van der Waals surface area contributed by atoms with Gasteiger partial charge in [0, 0.05) is 12.7 Å². The molecule has 25 heavy (non-hydrogen) atoms. The fraction of sp³-hybridized carbons (Fsp3) is 0.357. The number of ether oxygens (including phenoxy) is 1. The summed E-state index contributed by atoms with van der Waals surface area (Å²) < 4.78 is 5.46. The number of aromatic nitrogens is 1. The SMILES string of the molecule is CC[C@H]1CO/C(=C(/C=C(\Cl)[N+](=O)[O-])[N+](=O)[O-])N1Cc1ccc(Cl)nc1. The topological polar surface area (TPSA) is 112 Å². The summed E-state index contributed by atoms with van der Waals surface area (Å²) in [6, 6.07) is 3.23. The van der Waals surface area contributed by atoms with Gasteiger partial charge in [0.05, 0.1) is 15.9 Å². The Morgan fingerprint density at radius 2 is 2.16 bits per heavy atom. The Kier molecular flexibility index (Phi) is 6.16. The Morgan fingerprint density at radius 1 is 1.44 bits per heavy atom. The van der Waals surface area contributed by atoms with Gasteiger partial charge in [-0.2, -0.15) is 0 Å². The van der Waals surface area contributed by atoms with Crippen molar-refractivity contribution >= 4 is 23.2 Å². The van der Waals surface area contributed by atoms with Crippen LogP contribution in [0.15, 0.2) is 41.1 Å². The molecule has 0 radical (unpaired) electrons. The molecule has 1 aromatic rings. The maximum Gasteiger partial charge on any atom is 0.344 e. The van der Waals surface area contributed by atoms with Crippen molar-refractivity contribution in [1.82, 2.24) is 9.88 Å². The molecule has 2 heterocycles. The van der Waals surface area contributed by atoms with Crippen LogP contribution in [0.4, 0.5) is 0 Å². The molecule has 1 aliphatic heterocycles. The van der Waals surface area contributed by atoms with E-state index >= 15 is 0 Å². The van der Waals surface area contributed by atoms with E-state index in [2.05, 4.69) is 4.98 Å². The lowest BCUT2D eigenvalue weighted by atomic mass is 10.2. The molecule has 0 spiro atoms. The molecule has 0 amide bonds. The molecule has 11 heteroatoms. The summed E-state index contributed by atoms with van der Waals surface area (Å²) in [5, 5.41) is 21.5. The summed E-state index contributed by atoms with van der Waals surface area (Å²) in [6.07, 6.45) is 2.90. The standard InChI is InChI=1S/C14H14Cl2N4O5/c1-2-10-8-25-14(11(19(21)22)5-13(16)20(23)24)18(10)7-9-3-4-12(15)17-6-9/h3-6,10H,2,7-8H2,1H3/b13-5+,14-11-/t10-/m0/s1. The van der Waals surface area contributed by atoms with E-state index in [-0.39, 0.29) is 25.1 Å². The zero-order chi connectivity index (χ0) is 18.6. The van der Waals surface area contributed by atoms with E-state index in [1.165, 1.54) is 0 Å². The van der Waals surface area contributed by atoms with Crippen LogP contribution in [0.2, 0.25) is 5.15 Å². The molecule has 1 saturated heterocycles. The molecule has 1 aromatic heterocycles. The van der Waals surface area contributed by atoms with Crippen molar-refractivity contribution in [3.63, 3.8) is 0 Å². The summed E-state index contributed by atoms with van der Waals surface area (Å²) in [7, 11) is 0. The van der Waals surface area contributed by atoms with Crippen LogP contribution in [0.5, 0.6) is 0 Å². The molecular weight excluding hydrogens is 375 g/mol. The lowest BCUT2D eigenvalue weighted by Crippen LogP contribution is -2.30. The summed E-state index contributed by atoms with van der Waals surface area (Å²) in [4.78, 5) is 26.0. The minimum absolute atomic E-state index is 0.0631. The van der Waals surface area contributed by atoms with Crippen molar-refractivity contribution in [2.45, 2.75) is 25.9 Å². The van der Waals surface area contributed by atoms with Crippen LogP contribution < -0.4 is 0 Å². The third kappa shape index (κ3) is 4.58. The molecule has 0 aromatic carbocycles. The smallest absolute Gasteiger partial charge is 0.344 e. The van der Waals surface area contributed by atoms with Crippen LogP contribution >= 0.6 is 23.2 Å². The second-order valence-electron chi connectivity index (χ2n) is 5.16. The van der Waals surface area contributed by atoms with Crippen LogP contribution in [0.3, 0.4) is 0 Å². The van der Waals surface area contributed by atoms with E-state index in [9.17, 15) is 20.2 Å². The van der Waals surface area contributed by atoms with Crippen molar-refractivity contribution < 1.29 is 14.6 Å². The van der Waals surface area contributed by atoms with E-state index in [1.807, 2.05) is 6.92 Å². The van der Waals surface area contributed by atoms with Gasteiger partial charge in [-0.05, 0) is 29.7 Å². The molecule has 0 N–H and O–H groups in total. The van der Waals surface area contributed by atoms with Crippen LogP contribution in [0.25, 0.3) is 0 Å². The van der Waals surface area contributed by atoms with Gasteiger partial charge in [0.2, 0.25) is 0 Å². The molecule has 0 saturated carbocycles. The Balaban J connectivity index is 2.44. The fourth-order valence-corrected chi connectivity index (χ4v) is 2.54. The first-order chi connectivity index (χ1) is 11.8. The minimum atomic E-state index is -0.911. The van der Waals surface area contributed by atoms with E-state index in [1.54, 1.807) is 23.2 Å². The first-order valence-electron chi connectivity index (χ1n) is 7.23. The monoisotopic (exact) mass is 388 g/mol. The third-order valence-electron chi connectivity index (χ3n) is 3.57. The predicted octanol–water partition coefficient (Wildman–Crippen LogP) is 3.15. The normalized spacial score (nSPS) is 19.6. The molecule has 1 fully saturated rings. The van der Waals surface area contributed by atoms with Gasteiger partial charge in [0.15, 0.2) is 0 Å². The van der Waals surface area contributed by atoms with Gasteiger partial charge in [-0.3, -0.25) is 20.2 Å². The highest BCUT2D eigenvalue weighted by Gasteiger charge is 2.36. The number of halogens is 2. The second kappa shape index (κ2) is 8.13. The first kappa shape index (κ1) is 18.9. The first-order valence-corrected chi connectivity index (χ1v) is 7.99. The molecule has 1 atom stereocenters. The maximum absolute atomic E-state index is 11.4. The Morgan fingerprint density at radius 3 is 2.68 bits per heavy atom. The van der Waals surface area contributed by atoms with Crippen LogP contribution in [-0.2, 0) is 11.3 Å². The average molecular weight is 389 g/mol. The number of hydrogen-bond acceptors (Lipinski definition) is 7. The van der Waals surface area contributed by atoms with E-state index in [4.69, 9.17) is 27.9 Å². The van der Waals surface area contributed by atoms with Gasteiger partial charge in [0.1, 0.15) is 17.8 Å². The number of allylic oxidation sites excluding steroid dienone is 1. The van der Waals surface area contributed by atoms with E-state index in [0.717, 1.165) is 5.56 Å². The van der Waals surface area contributed by atoms with Crippen molar-refractivity contribution in [1.29, 1.82) is 0 Å². The van der Waals surface area contributed by atoms with Gasteiger partial charge in [-0.15, -0.1) is 0 Å². The zero-order valence-electron chi connectivity index (χ0n) is 13.1. The van der Waals surface area contributed by atoms with Crippen LogP contribution in [0.1, 0.15) is 18.9 Å². The molecule has 0 bridgehead atoms.